The van der Waals surface area contributed by atoms with Crippen LogP contribution in [0.5, 0.6) is 17.2 Å². The van der Waals surface area contributed by atoms with Crippen molar-refractivity contribution in [2.45, 2.75) is 45.5 Å². The van der Waals surface area contributed by atoms with Gasteiger partial charge in [-0.05, 0) is 32.9 Å². The van der Waals surface area contributed by atoms with Crippen molar-refractivity contribution in [3.63, 3.8) is 0 Å². The Kier molecular flexibility index (Phi) is 3.17. The molecule has 0 saturated heterocycles. The minimum Gasteiger partial charge on any atom is -0.496 e. The van der Waals surface area contributed by atoms with Gasteiger partial charge in [0, 0.05) is 12.0 Å². The predicted octanol–water partition coefficient (Wildman–Crippen LogP) is 3.33. The molecular formula is C17H22O4. The number of fused-ring (bicyclic) bond motifs is 3. The lowest BCUT2D eigenvalue weighted by Gasteiger charge is -2.37. The highest BCUT2D eigenvalue weighted by Gasteiger charge is 2.38. The monoisotopic (exact) mass is 290 g/mol. The normalized spacial score (nSPS) is 29.0. The molecule has 4 heteroatoms. The summed E-state index contributed by atoms with van der Waals surface area (Å²) in [7, 11) is 1.60. The fraction of sp³-hybridized carbons (Fsp3) is 0.529. The maximum Gasteiger partial charge on any atom is 0.140 e. The van der Waals surface area contributed by atoms with Crippen LogP contribution in [-0.4, -0.2) is 23.9 Å². The third-order valence-corrected chi connectivity index (χ3v) is 4.36. The highest BCUT2D eigenvalue weighted by molar-refractivity contribution is 5.72. The topological polar surface area (TPSA) is 47.9 Å². The number of benzene rings is 1. The van der Waals surface area contributed by atoms with Crippen molar-refractivity contribution in [3.05, 3.63) is 23.3 Å². The molecule has 0 bridgehead atoms. The second-order valence-corrected chi connectivity index (χ2v) is 6.40. The first kappa shape index (κ1) is 14.3. The van der Waals surface area contributed by atoms with Crippen LogP contribution in [0.4, 0.5) is 0 Å². The Morgan fingerprint density at radius 2 is 2.00 bits per heavy atom. The van der Waals surface area contributed by atoms with Crippen LogP contribution in [0.1, 0.15) is 44.9 Å². The summed E-state index contributed by atoms with van der Waals surface area (Å²) in [4.78, 5) is 0. The van der Waals surface area contributed by atoms with Crippen molar-refractivity contribution in [1.82, 2.24) is 0 Å². The molecule has 4 nitrogen and oxygen atoms in total. The summed E-state index contributed by atoms with van der Waals surface area (Å²) in [6.45, 7) is 7.95. The Balaban J connectivity index is 2.22. The molecule has 2 aliphatic heterocycles. The van der Waals surface area contributed by atoms with E-state index in [0.29, 0.717) is 11.5 Å². The molecule has 0 saturated carbocycles. The van der Waals surface area contributed by atoms with Crippen LogP contribution in [0.2, 0.25) is 0 Å². The maximum atomic E-state index is 10.6. The van der Waals surface area contributed by atoms with Crippen molar-refractivity contribution >= 4 is 6.08 Å². The number of aliphatic hydroxyl groups excluding tert-OH is 1. The molecular weight excluding hydrogens is 268 g/mol. The quantitative estimate of drug-likeness (QED) is 0.862. The molecule has 2 aliphatic rings. The Hall–Kier alpha value is -1.68. The number of ether oxygens (including phenoxy) is 3. The summed E-state index contributed by atoms with van der Waals surface area (Å²) in [5, 5.41) is 10.6. The number of aliphatic hydroxyl groups is 1. The SMILES string of the molecule is COc1cc2c(c3c1[C@H](O)[C@H](C)[C@@H](C)O3)C=CC(C)(C)O2. The van der Waals surface area contributed by atoms with Gasteiger partial charge in [0.15, 0.2) is 0 Å². The largest absolute Gasteiger partial charge is 0.496 e. The lowest BCUT2D eigenvalue weighted by molar-refractivity contribution is 0.0148. The fourth-order valence-electron chi connectivity index (χ4n) is 2.88. The van der Waals surface area contributed by atoms with Gasteiger partial charge in [0.1, 0.15) is 29.0 Å². The van der Waals surface area contributed by atoms with Crippen molar-refractivity contribution in [1.29, 1.82) is 0 Å². The number of hydrogen-bond acceptors (Lipinski definition) is 4. The lowest BCUT2D eigenvalue weighted by Crippen LogP contribution is -2.34. The van der Waals surface area contributed by atoms with Crippen LogP contribution in [0.3, 0.4) is 0 Å². The van der Waals surface area contributed by atoms with Gasteiger partial charge in [-0.1, -0.05) is 6.92 Å². The van der Waals surface area contributed by atoms with Gasteiger partial charge in [0.25, 0.3) is 0 Å². The van der Waals surface area contributed by atoms with Crippen LogP contribution in [0.25, 0.3) is 6.08 Å². The van der Waals surface area contributed by atoms with Crippen LogP contribution in [0.15, 0.2) is 12.1 Å². The molecule has 2 heterocycles. The van der Waals surface area contributed by atoms with Crippen LogP contribution < -0.4 is 14.2 Å². The fourth-order valence-corrected chi connectivity index (χ4v) is 2.88. The zero-order valence-corrected chi connectivity index (χ0v) is 13.1. The van der Waals surface area contributed by atoms with Gasteiger partial charge in [0.05, 0.1) is 24.3 Å². The summed E-state index contributed by atoms with van der Waals surface area (Å²) in [6, 6.07) is 1.84. The summed E-state index contributed by atoms with van der Waals surface area (Å²) in [5.74, 6) is 2.02. The Morgan fingerprint density at radius 3 is 2.67 bits per heavy atom. The van der Waals surface area contributed by atoms with Crippen molar-refractivity contribution < 1.29 is 19.3 Å². The van der Waals surface area contributed by atoms with E-state index in [1.54, 1.807) is 7.11 Å². The van der Waals surface area contributed by atoms with Gasteiger partial charge in [-0.2, -0.15) is 0 Å². The maximum absolute atomic E-state index is 10.6. The van der Waals surface area contributed by atoms with Crippen LogP contribution >= 0.6 is 0 Å². The summed E-state index contributed by atoms with van der Waals surface area (Å²) in [5.41, 5.74) is 1.23. The first-order valence-corrected chi connectivity index (χ1v) is 7.32. The molecule has 1 aromatic rings. The van der Waals surface area contributed by atoms with Gasteiger partial charge in [-0.25, -0.2) is 0 Å². The third kappa shape index (κ3) is 2.18. The Bertz CT molecular complexity index is 603. The highest BCUT2D eigenvalue weighted by atomic mass is 16.5. The molecule has 0 aliphatic carbocycles. The van der Waals surface area contributed by atoms with Gasteiger partial charge in [0.2, 0.25) is 0 Å². The molecule has 0 aromatic heterocycles. The second kappa shape index (κ2) is 4.67. The molecule has 114 valence electrons. The minimum atomic E-state index is -0.604. The highest BCUT2D eigenvalue weighted by Crippen LogP contribution is 2.50. The summed E-state index contributed by atoms with van der Waals surface area (Å²) >= 11 is 0. The molecule has 0 unspecified atom stereocenters. The average Bonchev–Trinajstić information content (AvgIpc) is 2.42. The molecule has 3 atom stereocenters. The smallest absolute Gasteiger partial charge is 0.140 e. The summed E-state index contributed by atoms with van der Waals surface area (Å²) < 4.78 is 17.5. The zero-order valence-electron chi connectivity index (χ0n) is 13.1. The lowest BCUT2D eigenvalue weighted by atomic mass is 9.87. The Morgan fingerprint density at radius 1 is 1.29 bits per heavy atom. The van der Waals surface area contributed by atoms with E-state index in [1.807, 2.05) is 45.9 Å². The summed E-state index contributed by atoms with van der Waals surface area (Å²) in [6.07, 6.45) is 3.34. The van der Waals surface area contributed by atoms with Crippen molar-refractivity contribution in [2.75, 3.05) is 7.11 Å². The Labute approximate surface area is 125 Å². The standard InChI is InChI=1S/C17H22O4/c1-9-10(2)20-16-11-6-7-17(3,4)21-12(11)8-13(19-5)14(16)15(9)18/h6-10,15,18H,1-5H3/t9-,10-,15-/m1/s1. The van der Waals surface area contributed by atoms with E-state index in [1.165, 1.54) is 0 Å². The number of rotatable bonds is 1. The van der Waals surface area contributed by atoms with Crippen molar-refractivity contribution in [3.8, 4) is 17.2 Å². The van der Waals surface area contributed by atoms with E-state index in [4.69, 9.17) is 14.2 Å². The van der Waals surface area contributed by atoms with E-state index < -0.39 is 6.10 Å². The predicted molar refractivity (Wildman–Crippen MR) is 80.9 cm³/mol. The first-order valence-electron chi connectivity index (χ1n) is 7.32. The second-order valence-electron chi connectivity index (χ2n) is 6.40. The third-order valence-electron chi connectivity index (χ3n) is 4.36. The molecule has 1 aromatic carbocycles. The number of methoxy groups -OCH3 is 1. The van der Waals surface area contributed by atoms with E-state index >= 15 is 0 Å². The molecule has 0 amide bonds. The molecule has 0 radical (unpaired) electrons. The van der Waals surface area contributed by atoms with E-state index in [-0.39, 0.29) is 17.6 Å². The van der Waals surface area contributed by atoms with Gasteiger partial charge >= 0.3 is 0 Å². The first-order chi connectivity index (χ1) is 9.84. The van der Waals surface area contributed by atoms with Gasteiger partial charge in [-0.3, -0.25) is 0 Å². The van der Waals surface area contributed by atoms with Gasteiger partial charge in [-0.15, -0.1) is 0 Å². The molecule has 3 rings (SSSR count). The van der Waals surface area contributed by atoms with Gasteiger partial charge < -0.3 is 19.3 Å². The van der Waals surface area contributed by atoms with Crippen molar-refractivity contribution in [2.24, 2.45) is 5.92 Å². The van der Waals surface area contributed by atoms with Crippen LogP contribution in [-0.2, 0) is 0 Å². The average molecular weight is 290 g/mol. The zero-order chi connectivity index (χ0) is 15.4. The van der Waals surface area contributed by atoms with E-state index in [2.05, 4.69) is 0 Å². The number of hydrogen-bond donors (Lipinski definition) is 1. The molecule has 1 N–H and O–H groups in total. The van der Waals surface area contributed by atoms with E-state index in [0.717, 1.165) is 16.9 Å². The minimum absolute atomic E-state index is 0.00868. The molecule has 0 fully saturated rings. The van der Waals surface area contributed by atoms with Crippen LogP contribution in [0, 0.1) is 5.92 Å². The molecule has 21 heavy (non-hydrogen) atoms. The molecule has 0 spiro atoms. The van der Waals surface area contributed by atoms with E-state index in [9.17, 15) is 5.11 Å².